The summed E-state index contributed by atoms with van der Waals surface area (Å²) in [4.78, 5) is 36.0. The number of carbonyl (C=O) groups is 2. The van der Waals surface area contributed by atoms with Crippen molar-refractivity contribution in [2.24, 2.45) is 0 Å². The van der Waals surface area contributed by atoms with Crippen molar-refractivity contribution in [2.75, 3.05) is 24.5 Å². The van der Waals surface area contributed by atoms with Gasteiger partial charge in [0.1, 0.15) is 5.69 Å². The Kier molecular flexibility index (Phi) is 5.41. The number of carboxylic acid groups (broad SMARTS) is 1. The van der Waals surface area contributed by atoms with E-state index in [1.165, 1.54) is 12.1 Å². The third kappa shape index (κ3) is 3.72. The zero-order valence-corrected chi connectivity index (χ0v) is 14.8. The number of anilines is 1. The summed E-state index contributed by atoms with van der Waals surface area (Å²) in [6.07, 6.45) is 0. The van der Waals surface area contributed by atoms with Crippen LogP contribution in [0, 0.1) is 21.7 Å². The average molecular weight is 407 g/mol. The molecule has 11 heteroatoms. The molecule has 2 aromatic carbocycles. The molecule has 1 aliphatic rings. The number of carbonyl (C=O) groups excluding carboxylic acids is 1. The van der Waals surface area contributed by atoms with E-state index in [1.54, 1.807) is 18.2 Å². The van der Waals surface area contributed by atoms with Gasteiger partial charge in [-0.2, -0.15) is 0 Å². The number of benzene rings is 2. The van der Waals surface area contributed by atoms with Crippen molar-refractivity contribution in [3.8, 4) is 0 Å². The molecule has 1 atom stereocenters. The molecule has 0 radical (unpaired) electrons. The second-order valence-electron chi connectivity index (χ2n) is 6.19. The molecule has 3 rings (SSSR count). The Balaban J connectivity index is 2.11. The number of piperazine rings is 1. The lowest BCUT2D eigenvalue weighted by atomic mass is 10.1. The molecule has 1 saturated heterocycles. The fourth-order valence-corrected chi connectivity index (χ4v) is 3.04. The smallest absolute Gasteiger partial charge is 0.371 e. The zero-order chi connectivity index (χ0) is 21.2. The number of ether oxygens (including phenoxy) is 1. The van der Waals surface area contributed by atoms with E-state index in [0.29, 0.717) is 12.1 Å². The predicted octanol–water partition coefficient (Wildman–Crippen LogP) is 1.92. The molecule has 0 bridgehead atoms. The van der Waals surface area contributed by atoms with Gasteiger partial charge >= 0.3 is 11.9 Å². The van der Waals surface area contributed by atoms with Crippen LogP contribution in [0.5, 0.6) is 0 Å². The number of rotatable bonds is 5. The van der Waals surface area contributed by atoms with Crippen molar-refractivity contribution in [3.05, 3.63) is 69.8 Å². The SMILES string of the molecule is O=C(OC1(C(=O)O)CNCCN1c1cc(F)c(F)cc1[N+](=O)[O-])c1ccccc1. The highest BCUT2D eigenvalue weighted by atomic mass is 19.2. The third-order valence-corrected chi connectivity index (χ3v) is 4.42. The minimum atomic E-state index is -2.42. The molecule has 2 aromatic rings. The van der Waals surface area contributed by atoms with Crippen LogP contribution in [0.4, 0.5) is 20.2 Å². The maximum Gasteiger partial charge on any atom is 0.371 e. The van der Waals surface area contributed by atoms with Crippen LogP contribution in [0.25, 0.3) is 0 Å². The number of esters is 1. The molecule has 9 nitrogen and oxygen atoms in total. The van der Waals surface area contributed by atoms with Crippen molar-refractivity contribution in [3.63, 3.8) is 0 Å². The number of nitro groups is 1. The molecule has 1 fully saturated rings. The maximum absolute atomic E-state index is 13.9. The van der Waals surface area contributed by atoms with Crippen molar-refractivity contribution in [1.29, 1.82) is 0 Å². The molecule has 152 valence electrons. The van der Waals surface area contributed by atoms with Crippen molar-refractivity contribution >= 4 is 23.3 Å². The van der Waals surface area contributed by atoms with E-state index in [4.69, 9.17) is 4.74 Å². The number of halogens is 2. The molecule has 29 heavy (non-hydrogen) atoms. The van der Waals surface area contributed by atoms with Gasteiger partial charge in [0.25, 0.3) is 11.4 Å². The lowest BCUT2D eigenvalue weighted by molar-refractivity contribution is -0.384. The van der Waals surface area contributed by atoms with Gasteiger partial charge in [0.15, 0.2) is 11.6 Å². The second kappa shape index (κ2) is 7.80. The normalized spacial score (nSPS) is 18.9. The minimum Gasteiger partial charge on any atom is -0.477 e. The molecular weight excluding hydrogens is 392 g/mol. The topological polar surface area (TPSA) is 122 Å². The number of hydrogen-bond acceptors (Lipinski definition) is 7. The van der Waals surface area contributed by atoms with Gasteiger partial charge in [-0.15, -0.1) is 0 Å². The number of aliphatic carboxylic acids is 1. The molecule has 1 unspecified atom stereocenters. The van der Waals surface area contributed by atoms with Crippen LogP contribution in [0.15, 0.2) is 42.5 Å². The Hall–Kier alpha value is -3.60. The summed E-state index contributed by atoms with van der Waals surface area (Å²) >= 11 is 0. The molecular formula is C18H15F2N3O6. The first-order chi connectivity index (χ1) is 13.8. The van der Waals surface area contributed by atoms with Crippen LogP contribution in [-0.4, -0.2) is 47.3 Å². The van der Waals surface area contributed by atoms with Gasteiger partial charge in [-0.05, 0) is 12.1 Å². The van der Waals surface area contributed by atoms with Gasteiger partial charge in [-0.1, -0.05) is 18.2 Å². The van der Waals surface area contributed by atoms with E-state index in [2.05, 4.69) is 5.32 Å². The molecule has 0 saturated carbocycles. The Morgan fingerprint density at radius 3 is 2.48 bits per heavy atom. The lowest BCUT2D eigenvalue weighted by Crippen LogP contribution is -2.68. The molecule has 0 spiro atoms. The number of hydrogen-bond donors (Lipinski definition) is 2. The summed E-state index contributed by atoms with van der Waals surface area (Å²) in [7, 11) is 0. The molecule has 0 aromatic heterocycles. The standard InChI is InChI=1S/C18H15F2N3O6/c19-12-8-14(15(23(27)28)9-13(12)20)22-7-6-21-10-18(22,17(25)26)29-16(24)11-4-2-1-3-5-11/h1-5,8-9,21H,6-7,10H2,(H,25,26). The second-order valence-corrected chi connectivity index (χ2v) is 6.19. The van der Waals surface area contributed by atoms with Gasteiger partial charge < -0.3 is 20.1 Å². The van der Waals surface area contributed by atoms with Gasteiger partial charge in [0, 0.05) is 19.2 Å². The highest BCUT2D eigenvalue weighted by Gasteiger charge is 2.52. The highest BCUT2D eigenvalue weighted by Crippen LogP contribution is 2.36. The fourth-order valence-electron chi connectivity index (χ4n) is 3.04. The lowest BCUT2D eigenvalue weighted by Gasteiger charge is -2.43. The van der Waals surface area contributed by atoms with Crippen LogP contribution in [-0.2, 0) is 9.53 Å². The minimum absolute atomic E-state index is 0.0541. The largest absolute Gasteiger partial charge is 0.477 e. The molecule has 0 amide bonds. The first-order valence-corrected chi connectivity index (χ1v) is 8.40. The van der Waals surface area contributed by atoms with Gasteiger partial charge in [0.2, 0.25) is 0 Å². The summed E-state index contributed by atoms with van der Waals surface area (Å²) < 4.78 is 32.7. The van der Waals surface area contributed by atoms with E-state index in [0.717, 1.165) is 4.90 Å². The van der Waals surface area contributed by atoms with Crippen molar-refractivity contribution in [1.82, 2.24) is 5.32 Å². The molecule has 1 heterocycles. The van der Waals surface area contributed by atoms with Crippen LogP contribution >= 0.6 is 0 Å². The predicted molar refractivity (Wildman–Crippen MR) is 95.5 cm³/mol. The van der Waals surface area contributed by atoms with Crippen LogP contribution in [0.2, 0.25) is 0 Å². The van der Waals surface area contributed by atoms with Gasteiger partial charge in [-0.25, -0.2) is 18.4 Å². The third-order valence-electron chi connectivity index (χ3n) is 4.42. The van der Waals surface area contributed by atoms with Crippen LogP contribution in [0.1, 0.15) is 10.4 Å². The highest BCUT2D eigenvalue weighted by molar-refractivity contribution is 5.94. The fraction of sp³-hybridized carbons (Fsp3) is 0.222. The van der Waals surface area contributed by atoms with Crippen molar-refractivity contribution in [2.45, 2.75) is 5.72 Å². The van der Waals surface area contributed by atoms with E-state index in [-0.39, 0.29) is 18.7 Å². The Bertz CT molecular complexity index is 972. The Labute approximate surface area is 162 Å². The maximum atomic E-state index is 13.9. The number of carboxylic acids is 1. The summed E-state index contributed by atoms with van der Waals surface area (Å²) in [5, 5.41) is 24.0. The van der Waals surface area contributed by atoms with E-state index >= 15 is 0 Å². The summed E-state index contributed by atoms with van der Waals surface area (Å²) in [5.74, 6) is -5.49. The number of nitrogens with one attached hydrogen (secondary N) is 1. The van der Waals surface area contributed by atoms with E-state index in [1.807, 2.05) is 0 Å². The monoisotopic (exact) mass is 407 g/mol. The number of nitro benzene ring substituents is 1. The summed E-state index contributed by atoms with van der Waals surface area (Å²) in [5.41, 5.74) is -3.73. The van der Waals surface area contributed by atoms with E-state index in [9.17, 15) is 33.6 Å². The molecule has 1 aliphatic heterocycles. The van der Waals surface area contributed by atoms with Gasteiger partial charge in [-0.3, -0.25) is 10.1 Å². The summed E-state index contributed by atoms with van der Waals surface area (Å²) in [6, 6.07) is 8.41. The van der Waals surface area contributed by atoms with E-state index < -0.39 is 52.1 Å². The number of nitrogens with zero attached hydrogens (tertiary/aromatic N) is 2. The Morgan fingerprint density at radius 1 is 1.21 bits per heavy atom. The first-order valence-electron chi connectivity index (χ1n) is 8.40. The molecule has 0 aliphatic carbocycles. The Morgan fingerprint density at radius 2 is 1.86 bits per heavy atom. The average Bonchev–Trinajstić information content (AvgIpc) is 2.70. The van der Waals surface area contributed by atoms with Gasteiger partial charge in [0.05, 0.1) is 23.1 Å². The van der Waals surface area contributed by atoms with Crippen LogP contribution < -0.4 is 10.2 Å². The molecule has 2 N–H and O–H groups in total. The summed E-state index contributed by atoms with van der Waals surface area (Å²) in [6.45, 7) is -0.453. The quantitative estimate of drug-likeness (QED) is 0.438. The first kappa shape index (κ1) is 20.1. The zero-order valence-electron chi connectivity index (χ0n) is 14.8. The van der Waals surface area contributed by atoms with Crippen LogP contribution in [0.3, 0.4) is 0 Å². The van der Waals surface area contributed by atoms with Crippen molar-refractivity contribution < 1.29 is 33.1 Å².